The Balaban J connectivity index is 2.76. The van der Waals surface area contributed by atoms with E-state index in [4.69, 9.17) is 0 Å². The molecule has 0 amide bonds. The van der Waals surface area contributed by atoms with Crippen LogP contribution in [0.3, 0.4) is 0 Å². The molecule has 1 N–H and O–H groups in total. The van der Waals surface area contributed by atoms with E-state index in [2.05, 4.69) is 16.9 Å². The number of aromatic nitrogens is 1. The maximum absolute atomic E-state index is 13.6. The third-order valence-electron chi connectivity index (χ3n) is 2.43. The summed E-state index contributed by atoms with van der Waals surface area (Å²) in [6.45, 7) is 8.66. The Hall–Kier alpha value is -1.22. The minimum Gasteiger partial charge on any atom is -0.309 e. The average molecular weight is 222 g/mol. The monoisotopic (exact) mass is 222 g/mol. The molecule has 0 aromatic carbocycles. The second-order valence-corrected chi connectivity index (χ2v) is 3.98. The van der Waals surface area contributed by atoms with E-state index in [1.54, 1.807) is 12.3 Å². The summed E-state index contributed by atoms with van der Waals surface area (Å²) in [5.74, 6) is -0.241. The van der Waals surface area contributed by atoms with Gasteiger partial charge in [-0.3, -0.25) is 4.98 Å². The third-order valence-corrected chi connectivity index (χ3v) is 2.43. The molecule has 0 radical (unpaired) electrons. The molecule has 1 unspecified atom stereocenters. The number of hydrogen-bond acceptors (Lipinski definition) is 2. The second kappa shape index (κ2) is 6.38. The van der Waals surface area contributed by atoms with Gasteiger partial charge in [0.25, 0.3) is 0 Å². The lowest BCUT2D eigenvalue weighted by Gasteiger charge is -2.17. The van der Waals surface area contributed by atoms with Gasteiger partial charge in [-0.05, 0) is 38.4 Å². The van der Waals surface area contributed by atoms with Crippen LogP contribution in [0.5, 0.6) is 0 Å². The summed E-state index contributed by atoms with van der Waals surface area (Å²) in [6.07, 6.45) is 3.34. The molecule has 1 rings (SSSR count). The molecule has 16 heavy (non-hydrogen) atoms. The van der Waals surface area contributed by atoms with Crippen LogP contribution in [-0.2, 0) is 0 Å². The number of hydrogen-bond donors (Lipinski definition) is 1. The summed E-state index contributed by atoms with van der Waals surface area (Å²) in [5.41, 5.74) is 1.62. The molecule has 1 aromatic rings. The van der Waals surface area contributed by atoms with Crippen molar-refractivity contribution >= 4 is 0 Å². The molecule has 0 bridgehead atoms. The highest BCUT2D eigenvalue weighted by Gasteiger charge is 2.15. The van der Waals surface area contributed by atoms with Crippen LogP contribution in [0.4, 0.5) is 4.39 Å². The smallest absolute Gasteiger partial charge is 0.146 e. The number of pyridine rings is 1. The Bertz CT molecular complexity index is 350. The lowest BCUT2D eigenvalue weighted by atomic mass is 10.0. The van der Waals surface area contributed by atoms with Crippen LogP contribution in [0.25, 0.3) is 0 Å². The fraction of sp³-hybridized carbons (Fsp3) is 0.462. The zero-order valence-electron chi connectivity index (χ0n) is 9.96. The quantitative estimate of drug-likeness (QED) is 0.747. The summed E-state index contributed by atoms with van der Waals surface area (Å²) in [6, 6.07) is 3.04. The van der Waals surface area contributed by atoms with Crippen LogP contribution in [-0.4, -0.2) is 11.5 Å². The predicted molar refractivity (Wildman–Crippen MR) is 64.7 cm³/mol. The highest BCUT2D eigenvalue weighted by Crippen LogP contribution is 2.20. The Morgan fingerprint density at radius 3 is 2.94 bits per heavy atom. The molecule has 0 aliphatic rings. The molecule has 0 fully saturated rings. The van der Waals surface area contributed by atoms with Crippen molar-refractivity contribution in [3.63, 3.8) is 0 Å². The van der Waals surface area contributed by atoms with Crippen molar-refractivity contribution in [3.8, 4) is 0 Å². The first kappa shape index (κ1) is 12.8. The minimum atomic E-state index is -0.241. The van der Waals surface area contributed by atoms with Crippen LogP contribution in [0, 0.1) is 5.82 Å². The fourth-order valence-corrected chi connectivity index (χ4v) is 1.63. The van der Waals surface area contributed by atoms with Crippen molar-refractivity contribution in [2.24, 2.45) is 0 Å². The highest BCUT2D eigenvalue weighted by molar-refractivity contribution is 5.12. The van der Waals surface area contributed by atoms with E-state index in [9.17, 15) is 4.39 Å². The molecule has 0 aliphatic heterocycles. The molecule has 1 heterocycles. The fourth-order valence-electron chi connectivity index (χ4n) is 1.63. The van der Waals surface area contributed by atoms with E-state index >= 15 is 0 Å². The van der Waals surface area contributed by atoms with Gasteiger partial charge in [0.1, 0.15) is 5.82 Å². The molecular formula is C13H19FN2. The average Bonchev–Trinajstić information content (AvgIpc) is 2.25. The SMILES string of the molecule is C=C(C)CCC(NCC)c1ncccc1F. The highest BCUT2D eigenvalue weighted by atomic mass is 19.1. The lowest BCUT2D eigenvalue weighted by Crippen LogP contribution is -2.23. The Morgan fingerprint density at radius 1 is 1.62 bits per heavy atom. The van der Waals surface area contributed by atoms with Crippen molar-refractivity contribution in [1.29, 1.82) is 0 Å². The Kier molecular flexibility index (Phi) is 5.12. The molecule has 0 spiro atoms. The van der Waals surface area contributed by atoms with Crippen LogP contribution in [0.2, 0.25) is 0 Å². The summed E-state index contributed by atoms with van der Waals surface area (Å²) >= 11 is 0. The summed E-state index contributed by atoms with van der Waals surface area (Å²) in [7, 11) is 0. The minimum absolute atomic E-state index is 0.0251. The molecule has 0 saturated heterocycles. The molecule has 1 aromatic heterocycles. The van der Waals surface area contributed by atoms with Gasteiger partial charge in [0.2, 0.25) is 0 Å². The van der Waals surface area contributed by atoms with Crippen molar-refractivity contribution in [2.45, 2.75) is 32.7 Å². The van der Waals surface area contributed by atoms with Crippen LogP contribution in [0.1, 0.15) is 38.4 Å². The molecule has 3 heteroatoms. The zero-order valence-corrected chi connectivity index (χ0v) is 9.96. The molecule has 1 atom stereocenters. The summed E-state index contributed by atoms with van der Waals surface area (Å²) in [4.78, 5) is 4.11. The maximum atomic E-state index is 13.6. The van der Waals surface area contributed by atoms with Gasteiger partial charge in [0.15, 0.2) is 0 Å². The predicted octanol–water partition coefficient (Wildman–Crippen LogP) is 3.23. The molecule has 88 valence electrons. The van der Waals surface area contributed by atoms with Crippen molar-refractivity contribution < 1.29 is 4.39 Å². The van der Waals surface area contributed by atoms with Gasteiger partial charge in [-0.1, -0.05) is 12.5 Å². The van der Waals surface area contributed by atoms with E-state index in [1.807, 2.05) is 13.8 Å². The van der Waals surface area contributed by atoms with Crippen LogP contribution in [0.15, 0.2) is 30.5 Å². The van der Waals surface area contributed by atoms with Crippen molar-refractivity contribution in [2.75, 3.05) is 6.54 Å². The van der Waals surface area contributed by atoms with Gasteiger partial charge >= 0.3 is 0 Å². The third kappa shape index (κ3) is 3.74. The van der Waals surface area contributed by atoms with E-state index in [0.717, 1.165) is 25.0 Å². The second-order valence-electron chi connectivity index (χ2n) is 3.98. The van der Waals surface area contributed by atoms with E-state index in [1.165, 1.54) is 6.07 Å². The van der Waals surface area contributed by atoms with Crippen molar-refractivity contribution in [3.05, 3.63) is 42.0 Å². The number of rotatable bonds is 6. The lowest BCUT2D eigenvalue weighted by molar-refractivity contribution is 0.471. The van der Waals surface area contributed by atoms with Gasteiger partial charge in [0, 0.05) is 6.20 Å². The molecule has 0 aliphatic carbocycles. The van der Waals surface area contributed by atoms with E-state index in [0.29, 0.717) is 5.69 Å². The molecule has 0 saturated carbocycles. The first-order chi connectivity index (χ1) is 7.65. The van der Waals surface area contributed by atoms with Gasteiger partial charge in [-0.2, -0.15) is 0 Å². The van der Waals surface area contributed by atoms with E-state index in [-0.39, 0.29) is 11.9 Å². The normalized spacial score (nSPS) is 12.4. The van der Waals surface area contributed by atoms with Crippen LogP contribution < -0.4 is 5.32 Å². The first-order valence-corrected chi connectivity index (χ1v) is 5.63. The van der Waals surface area contributed by atoms with Gasteiger partial charge in [-0.15, -0.1) is 6.58 Å². The van der Waals surface area contributed by atoms with Gasteiger partial charge < -0.3 is 5.32 Å². The van der Waals surface area contributed by atoms with Gasteiger partial charge in [-0.25, -0.2) is 4.39 Å². The number of nitrogens with zero attached hydrogens (tertiary/aromatic N) is 1. The van der Waals surface area contributed by atoms with Crippen LogP contribution >= 0.6 is 0 Å². The standard InChI is InChI=1S/C13H19FN2/c1-4-15-12(8-7-10(2)3)13-11(14)6-5-9-16-13/h5-6,9,12,15H,2,4,7-8H2,1,3H3. The van der Waals surface area contributed by atoms with Gasteiger partial charge in [0.05, 0.1) is 11.7 Å². The Labute approximate surface area is 96.6 Å². The Morgan fingerprint density at radius 2 is 2.38 bits per heavy atom. The zero-order chi connectivity index (χ0) is 12.0. The first-order valence-electron chi connectivity index (χ1n) is 5.63. The summed E-state index contributed by atoms with van der Waals surface area (Å²) < 4.78 is 13.6. The van der Waals surface area contributed by atoms with Crippen molar-refractivity contribution in [1.82, 2.24) is 10.3 Å². The maximum Gasteiger partial charge on any atom is 0.146 e. The number of nitrogens with one attached hydrogen (secondary N) is 1. The molecule has 2 nitrogen and oxygen atoms in total. The number of halogens is 1. The topological polar surface area (TPSA) is 24.9 Å². The largest absolute Gasteiger partial charge is 0.309 e. The van der Waals surface area contributed by atoms with E-state index < -0.39 is 0 Å². The molecular weight excluding hydrogens is 203 g/mol. The number of allylic oxidation sites excluding steroid dienone is 1. The summed E-state index contributed by atoms with van der Waals surface area (Å²) in [5, 5.41) is 3.25.